The summed E-state index contributed by atoms with van der Waals surface area (Å²) in [5, 5.41) is 6.58. The molecule has 3 aliphatic heterocycles. The van der Waals surface area contributed by atoms with E-state index in [1.54, 1.807) is 0 Å². The van der Waals surface area contributed by atoms with Gasteiger partial charge in [0, 0.05) is 25.2 Å². The number of rotatable bonds is 1. The predicted octanol–water partition coefficient (Wildman–Crippen LogP) is 0.585. The molecule has 0 aliphatic carbocycles. The lowest BCUT2D eigenvalue weighted by atomic mass is 9.84. The summed E-state index contributed by atoms with van der Waals surface area (Å²) in [4.78, 5) is 14.7. The average Bonchev–Trinajstić information content (AvgIpc) is 2.80. The Morgan fingerprint density at radius 3 is 2.89 bits per heavy atom. The zero-order valence-corrected chi connectivity index (χ0v) is 11.5. The topological polar surface area (TPSA) is 44.4 Å². The number of carbonyl (C=O) groups is 1. The lowest BCUT2D eigenvalue weighted by Crippen LogP contribution is -2.54. The highest BCUT2D eigenvalue weighted by Gasteiger charge is 2.52. The largest absolute Gasteiger partial charge is 0.355 e. The molecule has 3 aliphatic rings. The van der Waals surface area contributed by atoms with Gasteiger partial charge in [0.25, 0.3) is 0 Å². The molecule has 2 N–H and O–H groups in total. The third-order valence-corrected chi connectivity index (χ3v) is 5.30. The van der Waals surface area contributed by atoms with Gasteiger partial charge in [0.05, 0.1) is 6.04 Å². The lowest BCUT2D eigenvalue weighted by Gasteiger charge is -2.40. The van der Waals surface area contributed by atoms with Crippen molar-refractivity contribution in [3.8, 4) is 0 Å². The van der Waals surface area contributed by atoms with Crippen LogP contribution in [0.5, 0.6) is 0 Å². The molecule has 0 bridgehead atoms. The van der Waals surface area contributed by atoms with Crippen molar-refractivity contribution in [3.05, 3.63) is 0 Å². The van der Waals surface area contributed by atoms with Crippen LogP contribution in [0.3, 0.4) is 0 Å². The maximum Gasteiger partial charge on any atom is 0.237 e. The molecule has 3 saturated heterocycles. The van der Waals surface area contributed by atoms with Crippen LogP contribution in [0.15, 0.2) is 0 Å². The van der Waals surface area contributed by atoms with E-state index >= 15 is 0 Å². The van der Waals surface area contributed by atoms with Crippen molar-refractivity contribution in [2.24, 2.45) is 11.8 Å². The fourth-order valence-corrected chi connectivity index (χ4v) is 4.20. The van der Waals surface area contributed by atoms with Crippen LogP contribution in [0, 0.1) is 11.8 Å². The van der Waals surface area contributed by atoms with E-state index in [1.807, 2.05) is 0 Å². The van der Waals surface area contributed by atoms with Crippen molar-refractivity contribution < 1.29 is 4.79 Å². The molecule has 4 nitrogen and oxygen atoms in total. The van der Waals surface area contributed by atoms with Crippen molar-refractivity contribution in [1.82, 2.24) is 15.5 Å². The molecule has 3 rings (SSSR count). The molecule has 18 heavy (non-hydrogen) atoms. The van der Waals surface area contributed by atoms with Crippen molar-refractivity contribution in [2.75, 3.05) is 26.2 Å². The van der Waals surface area contributed by atoms with Crippen LogP contribution in [-0.2, 0) is 4.79 Å². The molecule has 0 saturated carbocycles. The van der Waals surface area contributed by atoms with Crippen molar-refractivity contribution in [3.63, 3.8) is 0 Å². The second kappa shape index (κ2) is 4.49. The molecule has 0 aromatic heterocycles. The Hall–Kier alpha value is -0.610. The molecule has 0 spiro atoms. The summed E-state index contributed by atoms with van der Waals surface area (Å²) in [5.74, 6) is 1.69. The number of fused-ring (bicyclic) bond motifs is 1. The summed E-state index contributed by atoms with van der Waals surface area (Å²) in [5.41, 5.74) is 0.153. The molecule has 3 unspecified atom stereocenters. The maximum atomic E-state index is 12.2. The summed E-state index contributed by atoms with van der Waals surface area (Å²) >= 11 is 0. The highest BCUT2D eigenvalue weighted by Crippen LogP contribution is 2.42. The van der Waals surface area contributed by atoms with Crippen LogP contribution in [0.25, 0.3) is 0 Å². The number of hydrogen-bond acceptors (Lipinski definition) is 3. The Labute approximate surface area is 109 Å². The smallest absolute Gasteiger partial charge is 0.237 e. The molecule has 102 valence electrons. The second-order valence-electron chi connectivity index (χ2n) is 6.63. The molecular formula is C14H25N3O. The Morgan fingerprint density at radius 2 is 2.11 bits per heavy atom. The standard InChI is InChI=1S/C14H25N3O/c1-14(2)11-8-15-7-10(11)9-17(14)12-5-3-4-6-16-13(12)18/h10-12,15H,3-9H2,1-2H3,(H,16,18). The fourth-order valence-electron chi connectivity index (χ4n) is 4.20. The normalized spacial score (nSPS) is 40.3. The lowest BCUT2D eigenvalue weighted by molar-refractivity contribution is -0.128. The molecule has 1 amide bonds. The van der Waals surface area contributed by atoms with E-state index in [0.29, 0.717) is 5.92 Å². The third kappa shape index (κ3) is 1.86. The SMILES string of the molecule is CC1(C)C2CNCC2CN1C1CCCCNC1=O. The summed E-state index contributed by atoms with van der Waals surface area (Å²) in [6.07, 6.45) is 3.33. The predicted molar refractivity (Wildman–Crippen MR) is 71.3 cm³/mol. The monoisotopic (exact) mass is 251 g/mol. The minimum Gasteiger partial charge on any atom is -0.355 e. The van der Waals surface area contributed by atoms with Gasteiger partial charge in [0.2, 0.25) is 5.91 Å². The van der Waals surface area contributed by atoms with Gasteiger partial charge < -0.3 is 10.6 Å². The van der Waals surface area contributed by atoms with E-state index in [-0.39, 0.29) is 17.5 Å². The second-order valence-corrected chi connectivity index (χ2v) is 6.63. The molecule has 3 heterocycles. The van der Waals surface area contributed by atoms with E-state index in [0.717, 1.165) is 44.9 Å². The zero-order valence-electron chi connectivity index (χ0n) is 11.5. The van der Waals surface area contributed by atoms with Crippen LogP contribution in [0.2, 0.25) is 0 Å². The number of amides is 1. The highest BCUT2D eigenvalue weighted by molar-refractivity contribution is 5.82. The van der Waals surface area contributed by atoms with Gasteiger partial charge in [-0.3, -0.25) is 9.69 Å². The molecule has 0 aromatic rings. The van der Waals surface area contributed by atoms with Gasteiger partial charge in [-0.15, -0.1) is 0 Å². The van der Waals surface area contributed by atoms with Gasteiger partial charge in [-0.1, -0.05) is 0 Å². The minimum atomic E-state index is 0.105. The number of likely N-dealkylation sites (tertiary alicyclic amines) is 1. The first kappa shape index (κ1) is 12.4. The van der Waals surface area contributed by atoms with Gasteiger partial charge in [-0.25, -0.2) is 0 Å². The molecule has 3 fully saturated rings. The van der Waals surface area contributed by atoms with Gasteiger partial charge in [0.1, 0.15) is 0 Å². The minimum absolute atomic E-state index is 0.105. The zero-order chi connectivity index (χ0) is 12.8. The summed E-state index contributed by atoms with van der Waals surface area (Å²) in [7, 11) is 0. The molecule has 4 heteroatoms. The number of nitrogens with one attached hydrogen (secondary N) is 2. The fraction of sp³-hybridized carbons (Fsp3) is 0.929. The van der Waals surface area contributed by atoms with Crippen molar-refractivity contribution in [1.29, 1.82) is 0 Å². The quantitative estimate of drug-likeness (QED) is 0.717. The number of hydrogen-bond donors (Lipinski definition) is 2. The Balaban J connectivity index is 1.81. The molecular weight excluding hydrogens is 226 g/mol. The summed E-state index contributed by atoms with van der Waals surface area (Å²) < 4.78 is 0. The van der Waals surface area contributed by atoms with E-state index < -0.39 is 0 Å². The summed E-state index contributed by atoms with van der Waals surface area (Å²) in [6.45, 7) is 8.83. The van der Waals surface area contributed by atoms with Crippen LogP contribution in [-0.4, -0.2) is 48.6 Å². The van der Waals surface area contributed by atoms with Crippen molar-refractivity contribution >= 4 is 5.91 Å². The molecule has 0 aromatic carbocycles. The maximum absolute atomic E-state index is 12.2. The first-order chi connectivity index (χ1) is 8.60. The summed E-state index contributed by atoms with van der Waals surface area (Å²) in [6, 6.07) is 0.105. The van der Waals surface area contributed by atoms with Gasteiger partial charge in [0.15, 0.2) is 0 Å². The Bertz CT molecular complexity index is 342. The van der Waals surface area contributed by atoms with Gasteiger partial charge in [-0.05, 0) is 51.5 Å². The number of nitrogens with zero attached hydrogens (tertiary/aromatic N) is 1. The highest BCUT2D eigenvalue weighted by atomic mass is 16.2. The van der Waals surface area contributed by atoms with E-state index in [1.165, 1.54) is 6.42 Å². The van der Waals surface area contributed by atoms with Crippen LogP contribution in [0.4, 0.5) is 0 Å². The Kier molecular flexibility index (Phi) is 3.10. The third-order valence-electron chi connectivity index (χ3n) is 5.30. The van der Waals surface area contributed by atoms with Crippen LogP contribution in [0.1, 0.15) is 33.1 Å². The first-order valence-corrected chi connectivity index (χ1v) is 7.36. The Morgan fingerprint density at radius 1 is 1.28 bits per heavy atom. The van der Waals surface area contributed by atoms with Crippen LogP contribution < -0.4 is 10.6 Å². The van der Waals surface area contributed by atoms with Crippen LogP contribution >= 0.6 is 0 Å². The van der Waals surface area contributed by atoms with E-state index in [9.17, 15) is 4.79 Å². The molecule has 0 radical (unpaired) electrons. The van der Waals surface area contributed by atoms with Gasteiger partial charge in [-0.2, -0.15) is 0 Å². The average molecular weight is 251 g/mol. The van der Waals surface area contributed by atoms with Gasteiger partial charge >= 0.3 is 0 Å². The van der Waals surface area contributed by atoms with Crippen molar-refractivity contribution in [2.45, 2.75) is 44.7 Å². The first-order valence-electron chi connectivity index (χ1n) is 7.36. The van der Waals surface area contributed by atoms with E-state index in [4.69, 9.17) is 0 Å². The number of carbonyl (C=O) groups excluding carboxylic acids is 1. The molecule has 3 atom stereocenters. The van der Waals surface area contributed by atoms with E-state index in [2.05, 4.69) is 29.4 Å².